The molecule has 1 aromatic carbocycles. The van der Waals surface area contributed by atoms with Crippen molar-refractivity contribution in [2.24, 2.45) is 5.92 Å². The van der Waals surface area contributed by atoms with Gasteiger partial charge >= 0.3 is 6.03 Å². The quantitative estimate of drug-likeness (QED) is 0.854. The van der Waals surface area contributed by atoms with Gasteiger partial charge in [-0.2, -0.15) is 5.26 Å². The molecule has 1 aromatic heterocycles. The number of urea groups is 1. The van der Waals surface area contributed by atoms with Gasteiger partial charge in [0.2, 0.25) is 0 Å². The molecule has 6 heteroatoms. The standard InChI is InChI=1S/C17H13BrN4O/c18-11-2-3-12-10(5-11)6-13-15(12)16(13)22-17(23)21-14-4-1-9(7-19)8-20-14/h1-5,8,13,15-16H,6H2,(H2,20,21,22,23). The highest BCUT2D eigenvalue weighted by Crippen LogP contribution is 2.56. The van der Waals surface area contributed by atoms with Crippen molar-refractivity contribution in [3.05, 3.63) is 57.7 Å². The molecule has 2 aromatic rings. The zero-order valence-corrected chi connectivity index (χ0v) is 13.7. The minimum Gasteiger partial charge on any atom is -0.334 e. The highest BCUT2D eigenvalue weighted by molar-refractivity contribution is 9.10. The van der Waals surface area contributed by atoms with E-state index in [9.17, 15) is 4.79 Å². The number of aromatic nitrogens is 1. The van der Waals surface area contributed by atoms with Crippen LogP contribution in [0.15, 0.2) is 41.0 Å². The molecule has 0 bridgehead atoms. The SMILES string of the molecule is N#Cc1ccc(NC(=O)NC2C3Cc4cc(Br)ccc4C32)nc1. The number of carbonyl (C=O) groups is 1. The lowest BCUT2D eigenvalue weighted by Crippen LogP contribution is -2.33. The molecule has 5 nitrogen and oxygen atoms in total. The number of nitrogens with zero attached hydrogens (tertiary/aromatic N) is 2. The van der Waals surface area contributed by atoms with Gasteiger partial charge in [-0.15, -0.1) is 0 Å². The summed E-state index contributed by atoms with van der Waals surface area (Å²) in [5.41, 5.74) is 3.19. The first-order chi connectivity index (χ1) is 11.2. The van der Waals surface area contributed by atoms with Gasteiger partial charge in [0.25, 0.3) is 0 Å². The lowest BCUT2D eigenvalue weighted by Gasteiger charge is -2.11. The van der Waals surface area contributed by atoms with Crippen LogP contribution >= 0.6 is 15.9 Å². The third-order valence-electron chi connectivity index (χ3n) is 4.52. The first-order valence-corrected chi connectivity index (χ1v) is 8.17. The van der Waals surface area contributed by atoms with Crippen LogP contribution in [0.2, 0.25) is 0 Å². The number of fused-ring (bicyclic) bond motifs is 3. The van der Waals surface area contributed by atoms with Crippen LogP contribution in [0.3, 0.4) is 0 Å². The summed E-state index contributed by atoms with van der Waals surface area (Å²) in [7, 11) is 0. The van der Waals surface area contributed by atoms with Gasteiger partial charge in [-0.25, -0.2) is 9.78 Å². The second kappa shape index (κ2) is 5.36. The molecular formula is C17H13BrN4O. The number of rotatable bonds is 2. The molecule has 1 saturated carbocycles. The van der Waals surface area contributed by atoms with Crippen LogP contribution in [0, 0.1) is 17.2 Å². The summed E-state index contributed by atoms with van der Waals surface area (Å²) in [5, 5.41) is 14.5. The molecule has 2 amide bonds. The number of hydrogen-bond donors (Lipinski definition) is 2. The molecule has 0 radical (unpaired) electrons. The third-order valence-corrected chi connectivity index (χ3v) is 5.01. The van der Waals surface area contributed by atoms with Crippen molar-refractivity contribution in [2.75, 3.05) is 5.32 Å². The predicted octanol–water partition coefficient (Wildman–Crippen LogP) is 3.18. The Bertz CT molecular complexity index is 827. The first kappa shape index (κ1) is 14.2. The fraction of sp³-hybridized carbons (Fsp3) is 0.235. The molecule has 2 aliphatic carbocycles. The monoisotopic (exact) mass is 368 g/mol. The van der Waals surface area contributed by atoms with Crippen LogP contribution in [0.5, 0.6) is 0 Å². The summed E-state index contributed by atoms with van der Waals surface area (Å²) in [6.07, 6.45) is 2.45. The maximum absolute atomic E-state index is 12.1. The Hall–Kier alpha value is -2.39. The maximum Gasteiger partial charge on any atom is 0.320 e. The Balaban J connectivity index is 1.38. The smallest absolute Gasteiger partial charge is 0.320 e. The van der Waals surface area contributed by atoms with Gasteiger partial charge in [0.15, 0.2) is 0 Å². The minimum absolute atomic E-state index is 0.196. The molecule has 23 heavy (non-hydrogen) atoms. The normalized spacial score (nSPS) is 23.4. The van der Waals surface area contributed by atoms with E-state index in [1.54, 1.807) is 12.1 Å². The van der Waals surface area contributed by atoms with E-state index in [2.05, 4.69) is 49.7 Å². The van der Waals surface area contributed by atoms with E-state index in [1.807, 2.05) is 6.07 Å². The summed E-state index contributed by atoms with van der Waals surface area (Å²) in [5.74, 6) is 1.37. The first-order valence-electron chi connectivity index (χ1n) is 7.38. The van der Waals surface area contributed by atoms with E-state index >= 15 is 0 Å². The van der Waals surface area contributed by atoms with E-state index in [0.717, 1.165) is 10.9 Å². The van der Waals surface area contributed by atoms with Crippen LogP contribution < -0.4 is 10.6 Å². The lowest BCUT2D eigenvalue weighted by atomic mass is 10.1. The molecule has 0 aliphatic heterocycles. The zero-order chi connectivity index (χ0) is 16.0. The van der Waals surface area contributed by atoms with Crippen molar-refractivity contribution >= 4 is 27.8 Å². The Labute approximate surface area is 141 Å². The van der Waals surface area contributed by atoms with Gasteiger partial charge < -0.3 is 5.32 Å². The van der Waals surface area contributed by atoms with Crippen molar-refractivity contribution in [2.45, 2.75) is 18.4 Å². The van der Waals surface area contributed by atoms with Crippen molar-refractivity contribution in [1.29, 1.82) is 5.26 Å². The zero-order valence-electron chi connectivity index (χ0n) is 12.1. The van der Waals surface area contributed by atoms with Gasteiger partial charge in [0.1, 0.15) is 11.9 Å². The van der Waals surface area contributed by atoms with Gasteiger partial charge in [-0.05, 0) is 47.7 Å². The molecule has 1 heterocycles. The summed E-state index contributed by atoms with van der Waals surface area (Å²) in [4.78, 5) is 16.1. The molecule has 114 valence electrons. The minimum atomic E-state index is -0.250. The molecule has 0 spiro atoms. The Morgan fingerprint density at radius 1 is 1.35 bits per heavy atom. The number of halogens is 1. The highest BCUT2D eigenvalue weighted by atomic mass is 79.9. The van der Waals surface area contributed by atoms with E-state index in [0.29, 0.717) is 23.2 Å². The molecule has 3 atom stereocenters. The Morgan fingerprint density at radius 3 is 2.96 bits per heavy atom. The van der Waals surface area contributed by atoms with Crippen LogP contribution in [0.4, 0.5) is 10.6 Å². The second-order valence-electron chi connectivity index (χ2n) is 5.91. The molecule has 2 N–H and O–H groups in total. The number of nitriles is 1. The van der Waals surface area contributed by atoms with E-state index in [1.165, 1.54) is 17.3 Å². The van der Waals surface area contributed by atoms with E-state index in [-0.39, 0.29) is 12.1 Å². The highest BCUT2D eigenvalue weighted by Gasteiger charge is 2.56. The molecule has 1 fully saturated rings. The average molecular weight is 369 g/mol. The number of carbonyl (C=O) groups excluding carboxylic acids is 1. The van der Waals surface area contributed by atoms with Gasteiger partial charge in [0, 0.05) is 22.6 Å². The number of nitrogens with one attached hydrogen (secondary N) is 2. The summed E-state index contributed by atoms with van der Waals surface area (Å²) >= 11 is 3.50. The Kier molecular flexibility index (Phi) is 3.31. The fourth-order valence-electron chi connectivity index (χ4n) is 3.42. The molecule has 0 saturated heterocycles. The molecule has 3 unspecified atom stereocenters. The summed E-state index contributed by atoms with van der Waals surface area (Å²) < 4.78 is 1.10. The van der Waals surface area contributed by atoms with E-state index < -0.39 is 0 Å². The van der Waals surface area contributed by atoms with Crippen molar-refractivity contribution in [1.82, 2.24) is 10.3 Å². The lowest BCUT2D eigenvalue weighted by molar-refractivity contribution is 0.251. The van der Waals surface area contributed by atoms with Crippen molar-refractivity contribution in [3.63, 3.8) is 0 Å². The topological polar surface area (TPSA) is 77.8 Å². The van der Waals surface area contributed by atoms with Gasteiger partial charge in [0.05, 0.1) is 5.56 Å². The second-order valence-corrected chi connectivity index (χ2v) is 6.82. The Morgan fingerprint density at radius 2 is 2.22 bits per heavy atom. The van der Waals surface area contributed by atoms with Crippen molar-refractivity contribution < 1.29 is 4.79 Å². The number of hydrogen-bond acceptors (Lipinski definition) is 3. The maximum atomic E-state index is 12.1. The number of benzene rings is 1. The largest absolute Gasteiger partial charge is 0.334 e. The fourth-order valence-corrected chi connectivity index (χ4v) is 3.83. The summed E-state index contributed by atoms with van der Waals surface area (Å²) in [6.45, 7) is 0. The van der Waals surface area contributed by atoms with Crippen LogP contribution in [0.1, 0.15) is 22.6 Å². The number of anilines is 1. The third kappa shape index (κ3) is 2.57. The molecule has 2 aliphatic rings. The van der Waals surface area contributed by atoms with E-state index in [4.69, 9.17) is 5.26 Å². The molecule has 4 rings (SSSR count). The van der Waals surface area contributed by atoms with Crippen molar-refractivity contribution in [3.8, 4) is 6.07 Å². The number of amides is 2. The molecular weight excluding hydrogens is 356 g/mol. The number of pyridine rings is 1. The average Bonchev–Trinajstić information content (AvgIpc) is 3.05. The van der Waals surface area contributed by atoms with Gasteiger partial charge in [-0.1, -0.05) is 22.0 Å². The predicted molar refractivity (Wildman–Crippen MR) is 89.0 cm³/mol. The van der Waals surface area contributed by atoms with Gasteiger partial charge in [-0.3, -0.25) is 5.32 Å². The van der Waals surface area contributed by atoms with Crippen LogP contribution in [0.25, 0.3) is 0 Å². The summed E-state index contributed by atoms with van der Waals surface area (Å²) in [6, 6.07) is 11.6. The van der Waals surface area contributed by atoms with Crippen LogP contribution in [-0.4, -0.2) is 17.1 Å². The van der Waals surface area contributed by atoms with Crippen LogP contribution in [-0.2, 0) is 6.42 Å².